The fourth-order valence-electron chi connectivity index (χ4n) is 2.18. The maximum atomic E-state index is 9.55. The van der Waals surface area contributed by atoms with E-state index in [0.717, 1.165) is 12.8 Å². The highest BCUT2D eigenvalue weighted by Crippen LogP contribution is 2.39. The number of carbonyl (C=O) groups is 2. The fourth-order valence-corrected chi connectivity index (χ4v) is 3.30. The highest BCUT2D eigenvalue weighted by molar-refractivity contribution is 7.12. The molecule has 1 aromatic heterocycles. The monoisotopic (exact) mass is 332 g/mol. The summed E-state index contributed by atoms with van der Waals surface area (Å²) in [5.74, 6) is -2.51. The molecule has 0 saturated carbocycles. The molecule has 120 valence electrons. The number of hydrogen-bond donors (Lipinski definition) is 3. The van der Waals surface area contributed by atoms with Crippen molar-refractivity contribution in [3.05, 3.63) is 51.9 Å². The van der Waals surface area contributed by atoms with Gasteiger partial charge in [0.1, 0.15) is 0 Å². The lowest BCUT2D eigenvalue weighted by molar-refractivity contribution is -0.134. The van der Waals surface area contributed by atoms with Crippen molar-refractivity contribution in [3.63, 3.8) is 0 Å². The Morgan fingerprint density at radius 3 is 2.48 bits per heavy atom. The number of benzene rings is 1. The second-order valence-corrected chi connectivity index (χ2v) is 5.93. The Bertz CT molecular complexity index is 736. The molecule has 6 nitrogen and oxygen atoms in total. The van der Waals surface area contributed by atoms with Gasteiger partial charge >= 0.3 is 11.9 Å². The van der Waals surface area contributed by atoms with Gasteiger partial charge < -0.3 is 15.9 Å². The van der Waals surface area contributed by atoms with Crippen LogP contribution in [0.5, 0.6) is 0 Å². The van der Waals surface area contributed by atoms with Crippen molar-refractivity contribution in [3.8, 4) is 11.3 Å². The maximum absolute atomic E-state index is 9.55. The highest BCUT2D eigenvalue weighted by Gasteiger charge is 2.22. The minimum absolute atomic E-state index is 0.558. The van der Waals surface area contributed by atoms with Crippen molar-refractivity contribution in [1.29, 1.82) is 0 Å². The first kappa shape index (κ1) is 16.9. The number of aromatic nitrogens is 1. The molecule has 0 bridgehead atoms. The number of hydrogen-bond acceptors (Lipinski definition) is 5. The third kappa shape index (κ3) is 4.48. The SMILES string of the molecule is NCCc1nc2c(s1)Cc1ccccc1-2.O=C(O)C=CC(=O)O. The molecule has 1 aliphatic rings. The van der Waals surface area contributed by atoms with Crippen LogP contribution in [0, 0.1) is 0 Å². The molecule has 23 heavy (non-hydrogen) atoms. The van der Waals surface area contributed by atoms with Crippen LogP contribution in [0.3, 0.4) is 0 Å². The zero-order chi connectivity index (χ0) is 16.8. The molecule has 1 aliphatic carbocycles. The van der Waals surface area contributed by atoms with Crippen molar-refractivity contribution in [2.75, 3.05) is 6.54 Å². The highest BCUT2D eigenvalue weighted by atomic mass is 32.1. The number of carboxylic acids is 2. The zero-order valence-corrected chi connectivity index (χ0v) is 13.0. The van der Waals surface area contributed by atoms with Crippen LogP contribution in [-0.2, 0) is 22.4 Å². The Morgan fingerprint density at radius 1 is 1.22 bits per heavy atom. The third-order valence-electron chi connectivity index (χ3n) is 3.09. The van der Waals surface area contributed by atoms with Gasteiger partial charge in [-0.15, -0.1) is 11.3 Å². The minimum Gasteiger partial charge on any atom is -0.478 e. The van der Waals surface area contributed by atoms with Gasteiger partial charge in [-0.25, -0.2) is 14.6 Å². The molecule has 0 unspecified atom stereocenters. The summed E-state index contributed by atoms with van der Waals surface area (Å²) in [7, 11) is 0. The molecule has 0 radical (unpaired) electrons. The number of rotatable bonds is 4. The summed E-state index contributed by atoms with van der Waals surface area (Å²) in [6.07, 6.45) is 3.07. The molecule has 1 heterocycles. The van der Waals surface area contributed by atoms with Gasteiger partial charge in [0.05, 0.1) is 10.7 Å². The number of fused-ring (bicyclic) bond motifs is 3. The Balaban J connectivity index is 0.000000207. The average Bonchev–Trinajstić information content (AvgIpc) is 3.03. The van der Waals surface area contributed by atoms with Gasteiger partial charge in [0.25, 0.3) is 0 Å². The molecule has 0 saturated heterocycles. The molecule has 0 atom stereocenters. The standard InChI is InChI=1S/C12H12N2S.C4H4O4/c13-6-5-11-14-12-9-4-2-1-3-8(9)7-10(12)15-11;5-3(6)1-2-4(7)8/h1-4H,5-7,13H2;1-2H,(H,5,6)(H,7,8). The van der Waals surface area contributed by atoms with Gasteiger partial charge in [0.15, 0.2) is 0 Å². The number of carboxylic acid groups (broad SMARTS) is 2. The molecule has 4 N–H and O–H groups in total. The van der Waals surface area contributed by atoms with E-state index in [9.17, 15) is 9.59 Å². The average molecular weight is 332 g/mol. The van der Waals surface area contributed by atoms with Crippen LogP contribution in [0.4, 0.5) is 0 Å². The topological polar surface area (TPSA) is 114 Å². The molecule has 0 amide bonds. The molecule has 7 heteroatoms. The number of nitrogens with two attached hydrogens (primary N) is 1. The van der Waals surface area contributed by atoms with Crippen molar-refractivity contribution in [1.82, 2.24) is 4.98 Å². The molecule has 2 aromatic rings. The normalized spacial score (nSPS) is 11.5. The van der Waals surface area contributed by atoms with Crippen LogP contribution < -0.4 is 5.73 Å². The van der Waals surface area contributed by atoms with Crippen LogP contribution in [0.2, 0.25) is 0 Å². The molecule has 0 spiro atoms. The van der Waals surface area contributed by atoms with Gasteiger partial charge in [-0.1, -0.05) is 24.3 Å². The molecule has 3 rings (SSSR count). The zero-order valence-electron chi connectivity index (χ0n) is 12.2. The van der Waals surface area contributed by atoms with E-state index in [1.807, 2.05) is 11.3 Å². The van der Waals surface area contributed by atoms with E-state index in [4.69, 9.17) is 15.9 Å². The van der Waals surface area contributed by atoms with Crippen LogP contribution in [0.15, 0.2) is 36.4 Å². The lowest BCUT2D eigenvalue weighted by atomic mass is 10.1. The van der Waals surface area contributed by atoms with Crippen molar-refractivity contribution in [2.45, 2.75) is 12.8 Å². The number of nitrogens with zero attached hydrogens (tertiary/aromatic N) is 1. The number of thiazole rings is 1. The van der Waals surface area contributed by atoms with Crippen molar-refractivity contribution >= 4 is 23.3 Å². The third-order valence-corrected chi connectivity index (χ3v) is 4.21. The Labute approximate surface area is 136 Å². The predicted molar refractivity (Wildman–Crippen MR) is 87.5 cm³/mol. The summed E-state index contributed by atoms with van der Waals surface area (Å²) in [6, 6.07) is 8.52. The van der Waals surface area contributed by atoms with Crippen LogP contribution >= 0.6 is 11.3 Å². The second-order valence-electron chi connectivity index (χ2n) is 4.76. The first-order valence-electron chi connectivity index (χ1n) is 6.92. The van der Waals surface area contributed by atoms with E-state index in [1.165, 1.54) is 26.7 Å². The first-order valence-corrected chi connectivity index (χ1v) is 7.73. The minimum atomic E-state index is -1.26. The lowest BCUT2D eigenvalue weighted by Crippen LogP contribution is -2.02. The van der Waals surface area contributed by atoms with E-state index in [-0.39, 0.29) is 0 Å². The van der Waals surface area contributed by atoms with Crippen LogP contribution in [0.1, 0.15) is 15.4 Å². The summed E-state index contributed by atoms with van der Waals surface area (Å²) in [6.45, 7) is 0.689. The van der Waals surface area contributed by atoms with Gasteiger partial charge in [0.2, 0.25) is 0 Å². The summed E-state index contributed by atoms with van der Waals surface area (Å²) in [4.78, 5) is 25.2. The van der Waals surface area contributed by atoms with Gasteiger partial charge in [-0.05, 0) is 12.1 Å². The van der Waals surface area contributed by atoms with Crippen LogP contribution in [0.25, 0.3) is 11.3 Å². The molecule has 1 aromatic carbocycles. The molecule has 0 fully saturated rings. The molecular formula is C16H16N2O4S. The van der Waals surface area contributed by atoms with Gasteiger partial charge in [-0.2, -0.15) is 0 Å². The van der Waals surface area contributed by atoms with Gasteiger partial charge in [-0.3, -0.25) is 0 Å². The lowest BCUT2D eigenvalue weighted by Gasteiger charge is -1.97. The Morgan fingerprint density at radius 2 is 1.87 bits per heavy atom. The van der Waals surface area contributed by atoms with Crippen LogP contribution in [-0.4, -0.2) is 33.7 Å². The second kappa shape index (κ2) is 7.66. The van der Waals surface area contributed by atoms with Gasteiger partial charge in [0, 0.05) is 35.4 Å². The van der Waals surface area contributed by atoms with E-state index >= 15 is 0 Å². The number of aliphatic carboxylic acids is 2. The predicted octanol–water partition coefficient (Wildman–Crippen LogP) is 1.93. The molecule has 0 aliphatic heterocycles. The molecular weight excluding hydrogens is 316 g/mol. The van der Waals surface area contributed by atoms with E-state index in [1.54, 1.807) is 0 Å². The summed E-state index contributed by atoms with van der Waals surface area (Å²) in [5, 5.41) is 16.8. The first-order chi connectivity index (χ1) is 11.0. The Kier molecular flexibility index (Phi) is 5.61. The summed E-state index contributed by atoms with van der Waals surface area (Å²) in [5.41, 5.74) is 9.45. The summed E-state index contributed by atoms with van der Waals surface area (Å²) < 4.78 is 0. The fraction of sp³-hybridized carbons (Fsp3) is 0.188. The maximum Gasteiger partial charge on any atom is 0.328 e. The van der Waals surface area contributed by atoms with E-state index in [2.05, 4.69) is 29.2 Å². The van der Waals surface area contributed by atoms with E-state index < -0.39 is 11.9 Å². The van der Waals surface area contributed by atoms with Crippen molar-refractivity contribution < 1.29 is 19.8 Å². The Hall–Kier alpha value is -2.51. The van der Waals surface area contributed by atoms with E-state index in [0.29, 0.717) is 18.7 Å². The largest absolute Gasteiger partial charge is 0.478 e. The van der Waals surface area contributed by atoms with Crippen molar-refractivity contribution in [2.24, 2.45) is 5.73 Å². The summed E-state index contributed by atoms with van der Waals surface area (Å²) >= 11 is 1.81. The quantitative estimate of drug-likeness (QED) is 0.629. The smallest absolute Gasteiger partial charge is 0.328 e.